The van der Waals surface area contributed by atoms with Gasteiger partial charge in [0, 0.05) is 6.04 Å². The Morgan fingerprint density at radius 1 is 1.53 bits per heavy atom. The second kappa shape index (κ2) is 5.66. The summed E-state index contributed by atoms with van der Waals surface area (Å²) in [5.74, 6) is 0.941. The highest BCUT2D eigenvalue weighted by molar-refractivity contribution is 7.07. The molecule has 1 nitrogen and oxygen atoms in total. The Morgan fingerprint density at radius 2 is 2.40 bits per heavy atom. The van der Waals surface area contributed by atoms with Crippen LogP contribution >= 0.6 is 11.3 Å². The van der Waals surface area contributed by atoms with Gasteiger partial charge in [0.1, 0.15) is 0 Å². The molecule has 2 heteroatoms. The second-order valence-electron chi connectivity index (χ2n) is 4.59. The lowest BCUT2D eigenvalue weighted by molar-refractivity contribution is 0.227. The van der Waals surface area contributed by atoms with Crippen molar-refractivity contribution in [1.82, 2.24) is 5.32 Å². The molecule has 84 valence electrons. The number of rotatable bonds is 6. The molecular weight excluding hydrogens is 202 g/mol. The molecule has 2 rings (SSSR count). The molecule has 1 aromatic rings. The first-order valence-electron chi connectivity index (χ1n) is 6.14. The second-order valence-corrected chi connectivity index (χ2v) is 5.37. The van der Waals surface area contributed by atoms with E-state index in [1.807, 2.05) is 11.3 Å². The zero-order chi connectivity index (χ0) is 10.5. The highest BCUT2D eigenvalue weighted by Crippen LogP contribution is 2.31. The summed E-state index contributed by atoms with van der Waals surface area (Å²) in [4.78, 5) is 0. The van der Waals surface area contributed by atoms with Crippen molar-refractivity contribution in [2.24, 2.45) is 5.92 Å². The molecule has 0 saturated heterocycles. The minimum Gasteiger partial charge on any atom is -0.313 e. The molecule has 1 unspecified atom stereocenters. The van der Waals surface area contributed by atoms with Crippen LogP contribution in [0.2, 0.25) is 0 Å². The molecule has 0 aliphatic heterocycles. The number of hydrogen-bond acceptors (Lipinski definition) is 2. The number of hydrogen-bond donors (Lipinski definition) is 1. The van der Waals surface area contributed by atoms with Crippen LogP contribution in [0.25, 0.3) is 0 Å². The van der Waals surface area contributed by atoms with E-state index in [1.54, 1.807) is 0 Å². The minimum atomic E-state index is 0.730. The molecule has 1 fully saturated rings. The Hall–Kier alpha value is -0.340. The molecule has 1 aromatic heterocycles. The Kier molecular flexibility index (Phi) is 4.21. The first-order chi connectivity index (χ1) is 7.40. The average Bonchev–Trinajstić information content (AvgIpc) is 2.64. The van der Waals surface area contributed by atoms with Gasteiger partial charge in [0.05, 0.1) is 0 Å². The van der Waals surface area contributed by atoms with Crippen LogP contribution in [-0.2, 0) is 6.42 Å². The van der Waals surface area contributed by atoms with E-state index in [0.29, 0.717) is 0 Å². The maximum Gasteiger partial charge on any atom is 0.0136 e. The monoisotopic (exact) mass is 223 g/mol. The molecule has 0 bridgehead atoms. The molecule has 1 aliphatic carbocycles. The highest BCUT2D eigenvalue weighted by atomic mass is 32.1. The standard InChI is InChI=1S/C13H21NS/c1-2-7-14-13(12-4-3-5-12)9-11-6-8-15-10-11/h6,8,10,12-14H,2-5,7,9H2,1H3. The summed E-state index contributed by atoms with van der Waals surface area (Å²) >= 11 is 1.81. The molecule has 0 radical (unpaired) electrons. The summed E-state index contributed by atoms with van der Waals surface area (Å²) in [5.41, 5.74) is 1.51. The van der Waals surface area contributed by atoms with Crippen molar-refractivity contribution >= 4 is 11.3 Å². The quantitative estimate of drug-likeness (QED) is 0.779. The Balaban J connectivity index is 1.86. The van der Waals surface area contributed by atoms with Crippen molar-refractivity contribution in [1.29, 1.82) is 0 Å². The first-order valence-corrected chi connectivity index (χ1v) is 7.09. The van der Waals surface area contributed by atoms with Crippen molar-refractivity contribution in [3.8, 4) is 0 Å². The molecule has 0 amide bonds. The molecule has 1 atom stereocenters. The van der Waals surface area contributed by atoms with Crippen LogP contribution in [-0.4, -0.2) is 12.6 Å². The lowest BCUT2D eigenvalue weighted by Crippen LogP contribution is -2.41. The highest BCUT2D eigenvalue weighted by Gasteiger charge is 2.26. The van der Waals surface area contributed by atoms with Crippen molar-refractivity contribution < 1.29 is 0 Å². The van der Waals surface area contributed by atoms with Gasteiger partial charge < -0.3 is 5.32 Å². The Morgan fingerprint density at radius 3 is 2.93 bits per heavy atom. The van der Waals surface area contributed by atoms with Gasteiger partial charge in [-0.1, -0.05) is 13.3 Å². The molecule has 0 aromatic carbocycles. The molecule has 1 saturated carbocycles. The lowest BCUT2D eigenvalue weighted by atomic mass is 9.78. The fraction of sp³-hybridized carbons (Fsp3) is 0.692. The van der Waals surface area contributed by atoms with Gasteiger partial charge in [-0.25, -0.2) is 0 Å². The third-order valence-electron chi connectivity index (χ3n) is 3.41. The Bertz CT molecular complexity index is 264. The lowest BCUT2D eigenvalue weighted by Gasteiger charge is -2.34. The van der Waals surface area contributed by atoms with E-state index in [1.165, 1.54) is 44.2 Å². The predicted molar refractivity (Wildman–Crippen MR) is 67.4 cm³/mol. The van der Waals surface area contributed by atoms with Crippen molar-refractivity contribution in [3.63, 3.8) is 0 Å². The summed E-state index contributed by atoms with van der Waals surface area (Å²) in [7, 11) is 0. The zero-order valence-electron chi connectivity index (χ0n) is 9.54. The fourth-order valence-electron chi connectivity index (χ4n) is 2.24. The van der Waals surface area contributed by atoms with Crippen LogP contribution in [0.4, 0.5) is 0 Å². The van der Waals surface area contributed by atoms with Gasteiger partial charge in [-0.15, -0.1) is 0 Å². The van der Waals surface area contributed by atoms with E-state index in [0.717, 1.165) is 12.0 Å². The molecule has 1 aliphatic rings. The van der Waals surface area contributed by atoms with E-state index < -0.39 is 0 Å². The largest absolute Gasteiger partial charge is 0.313 e. The van der Waals surface area contributed by atoms with Gasteiger partial charge >= 0.3 is 0 Å². The van der Waals surface area contributed by atoms with Gasteiger partial charge in [-0.05, 0) is 60.5 Å². The van der Waals surface area contributed by atoms with Crippen molar-refractivity contribution in [2.45, 2.75) is 45.1 Å². The topological polar surface area (TPSA) is 12.0 Å². The summed E-state index contributed by atoms with van der Waals surface area (Å²) in [6.45, 7) is 3.42. The molecule has 0 spiro atoms. The van der Waals surface area contributed by atoms with E-state index >= 15 is 0 Å². The van der Waals surface area contributed by atoms with Gasteiger partial charge in [0.15, 0.2) is 0 Å². The normalized spacial score (nSPS) is 18.7. The Labute approximate surface area is 96.9 Å². The van der Waals surface area contributed by atoms with E-state index in [-0.39, 0.29) is 0 Å². The maximum absolute atomic E-state index is 3.71. The zero-order valence-corrected chi connectivity index (χ0v) is 10.4. The fourth-order valence-corrected chi connectivity index (χ4v) is 2.92. The van der Waals surface area contributed by atoms with Crippen molar-refractivity contribution in [2.75, 3.05) is 6.54 Å². The van der Waals surface area contributed by atoms with Gasteiger partial charge in [0.2, 0.25) is 0 Å². The van der Waals surface area contributed by atoms with Gasteiger partial charge in [-0.3, -0.25) is 0 Å². The first kappa shape index (κ1) is 11.2. The van der Waals surface area contributed by atoms with Gasteiger partial charge in [-0.2, -0.15) is 11.3 Å². The van der Waals surface area contributed by atoms with Crippen molar-refractivity contribution in [3.05, 3.63) is 22.4 Å². The van der Waals surface area contributed by atoms with Crippen LogP contribution in [0.15, 0.2) is 16.8 Å². The number of thiophene rings is 1. The minimum absolute atomic E-state index is 0.730. The summed E-state index contributed by atoms with van der Waals surface area (Å²) in [6.07, 6.45) is 6.79. The van der Waals surface area contributed by atoms with E-state index in [2.05, 4.69) is 29.1 Å². The average molecular weight is 223 g/mol. The molecule has 1 heterocycles. The van der Waals surface area contributed by atoms with Crippen LogP contribution < -0.4 is 5.32 Å². The van der Waals surface area contributed by atoms with Crippen LogP contribution in [0, 0.1) is 5.92 Å². The molecular formula is C13H21NS. The summed E-state index contributed by atoms with van der Waals surface area (Å²) in [6, 6.07) is 3.00. The van der Waals surface area contributed by atoms with Gasteiger partial charge in [0.25, 0.3) is 0 Å². The van der Waals surface area contributed by atoms with E-state index in [9.17, 15) is 0 Å². The van der Waals surface area contributed by atoms with Crippen LogP contribution in [0.1, 0.15) is 38.2 Å². The third kappa shape index (κ3) is 3.05. The molecule has 1 N–H and O–H groups in total. The van der Waals surface area contributed by atoms with Crippen LogP contribution in [0.3, 0.4) is 0 Å². The summed E-state index contributed by atoms with van der Waals surface area (Å²) in [5, 5.41) is 8.19. The smallest absolute Gasteiger partial charge is 0.0136 e. The molecule has 15 heavy (non-hydrogen) atoms. The number of nitrogens with one attached hydrogen (secondary N) is 1. The predicted octanol–water partition coefficient (Wildman–Crippen LogP) is 3.46. The maximum atomic E-state index is 3.71. The SMILES string of the molecule is CCCNC(Cc1ccsc1)C1CCC1. The third-order valence-corrected chi connectivity index (χ3v) is 4.14. The van der Waals surface area contributed by atoms with Crippen LogP contribution in [0.5, 0.6) is 0 Å². The van der Waals surface area contributed by atoms with E-state index in [4.69, 9.17) is 0 Å². The summed E-state index contributed by atoms with van der Waals surface area (Å²) < 4.78 is 0.